The van der Waals surface area contributed by atoms with E-state index in [0.717, 1.165) is 13.1 Å². The molecule has 0 unspecified atom stereocenters. The Labute approximate surface area is 94.4 Å². The molecule has 6 nitrogen and oxygen atoms in total. The standard InChI is InChI=1S/C10H16N4O2/c1-15-8-3-9(16-2)13-10(12-8)14-5-7(4-11)6-14/h3,7H,4-6,11H2,1-2H3. The third kappa shape index (κ3) is 2.01. The van der Waals surface area contributed by atoms with Crippen molar-refractivity contribution in [1.82, 2.24) is 9.97 Å². The number of anilines is 1. The Morgan fingerprint density at radius 1 is 1.31 bits per heavy atom. The Kier molecular flexibility index (Phi) is 3.09. The largest absolute Gasteiger partial charge is 0.481 e. The van der Waals surface area contributed by atoms with Crippen molar-refractivity contribution in [3.63, 3.8) is 0 Å². The van der Waals surface area contributed by atoms with E-state index in [0.29, 0.717) is 30.2 Å². The second-order valence-electron chi connectivity index (χ2n) is 3.76. The van der Waals surface area contributed by atoms with Gasteiger partial charge in [-0.1, -0.05) is 0 Å². The highest BCUT2D eigenvalue weighted by molar-refractivity contribution is 5.39. The average molecular weight is 224 g/mol. The second-order valence-corrected chi connectivity index (χ2v) is 3.76. The minimum absolute atomic E-state index is 0.512. The Morgan fingerprint density at radius 2 is 1.88 bits per heavy atom. The molecule has 2 rings (SSSR count). The van der Waals surface area contributed by atoms with Gasteiger partial charge < -0.3 is 20.1 Å². The van der Waals surface area contributed by atoms with Crippen LogP contribution in [0.3, 0.4) is 0 Å². The fraction of sp³-hybridized carbons (Fsp3) is 0.600. The lowest BCUT2D eigenvalue weighted by Gasteiger charge is -2.38. The lowest BCUT2D eigenvalue weighted by atomic mass is 10.0. The van der Waals surface area contributed by atoms with Gasteiger partial charge in [0.1, 0.15) is 0 Å². The van der Waals surface area contributed by atoms with Gasteiger partial charge in [0, 0.05) is 19.0 Å². The first-order valence-electron chi connectivity index (χ1n) is 5.19. The highest BCUT2D eigenvalue weighted by Crippen LogP contribution is 2.25. The smallest absolute Gasteiger partial charge is 0.231 e. The van der Waals surface area contributed by atoms with E-state index in [1.165, 1.54) is 0 Å². The maximum Gasteiger partial charge on any atom is 0.231 e. The fourth-order valence-corrected chi connectivity index (χ4v) is 1.63. The average Bonchev–Trinajstić information content (AvgIpc) is 2.27. The van der Waals surface area contributed by atoms with Gasteiger partial charge in [-0.15, -0.1) is 0 Å². The minimum Gasteiger partial charge on any atom is -0.481 e. The van der Waals surface area contributed by atoms with Crippen LogP contribution in [0.4, 0.5) is 5.95 Å². The van der Waals surface area contributed by atoms with Crippen molar-refractivity contribution < 1.29 is 9.47 Å². The van der Waals surface area contributed by atoms with E-state index in [9.17, 15) is 0 Å². The molecular weight excluding hydrogens is 208 g/mol. The minimum atomic E-state index is 0.512. The van der Waals surface area contributed by atoms with Crippen LogP contribution in [0, 0.1) is 5.92 Å². The molecule has 0 bridgehead atoms. The second kappa shape index (κ2) is 4.52. The van der Waals surface area contributed by atoms with Gasteiger partial charge in [0.15, 0.2) is 0 Å². The van der Waals surface area contributed by atoms with Crippen molar-refractivity contribution in [2.24, 2.45) is 11.7 Å². The van der Waals surface area contributed by atoms with E-state index in [4.69, 9.17) is 15.2 Å². The van der Waals surface area contributed by atoms with E-state index in [1.54, 1.807) is 20.3 Å². The van der Waals surface area contributed by atoms with Crippen LogP contribution in [0.2, 0.25) is 0 Å². The van der Waals surface area contributed by atoms with Crippen LogP contribution < -0.4 is 20.1 Å². The third-order valence-corrected chi connectivity index (χ3v) is 2.66. The van der Waals surface area contributed by atoms with Crippen LogP contribution in [0.25, 0.3) is 0 Å². The Morgan fingerprint density at radius 3 is 2.31 bits per heavy atom. The number of methoxy groups -OCH3 is 2. The molecule has 1 aliphatic heterocycles. The molecule has 1 aromatic heterocycles. The SMILES string of the molecule is COc1cc(OC)nc(N2CC(CN)C2)n1. The number of rotatable bonds is 4. The van der Waals surface area contributed by atoms with Gasteiger partial charge in [0.25, 0.3) is 0 Å². The number of hydrogen-bond acceptors (Lipinski definition) is 6. The molecule has 6 heteroatoms. The summed E-state index contributed by atoms with van der Waals surface area (Å²) in [4.78, 5) is 10.6. The first kappa shape index (κ1) is 10.9. The number of nitrogens with two attached hydrogens (primary N) is 1. The molecule has 1 saturated heterocycles. The summed E-state index contributed by atoms with van der Waals surface area (Å²) in [6.07, 6.45) is 0. The summed E-state index contributed by atoms with van der Waals surface area (Å²) in [6, 6.07) is 1.66. The molecule has 16 heavy (non-hydrogen) atoms. The Balaban J connectivity index is 2.14. The zero-order chi connectivity index (χ0) is 11.5. The number of nitrogens with zero attached hydrogens (tertiary/aromatic N) is 3. The molecule has 0 amide bonds. The van der Waals surface area contributed by atoms with Crippen molar-refractivity contribution in [2.75, 3.05) is 38.8 Å². The molecule has 0 spiro atoms. The van der Waals surface area contributed by atoms with Crippen molar-refractivity contribution >= 4 is 5.95 Å². The van der Waals surface area contributed by atoms with Gasteiger partial charge in [0.2, 0.25) is 17.7 Å². The zero-order valence-electron chi connectivity index (χ0n) is 9.51. The van der Waals surface area contributed by atoms with Crippen molar-refractivity contribution in [2.45, 2.75) is 0 Å². The molecule has 1 aromatic rings. The summed E-state index contributed by atoms with van der Waals surface area (Å²) in [5, 5.41) is 0. The van der Waals surface area contributed by atoms with Crippen LogP contribution in [0.5, 0.6) is 11.8 Å². The first-order valence-corrected chi connectivity index (χ1v) is 5.19. The third-order valence-electron chi connectivity index (χ3n) is 2.66. The Bertz CT molecular complexity index is 344. The lowest BCUT2D eigenvalue weighted by Crippen LogP contribution is -2.50. The normalized spacial score (nSPS) is 15.8. The summed E-state index contributed by atoms with van der Waals surface area (Å²) in [7, 11) is 3.15. The van der Waals surface area contributed by atoms with E-state index < -0.39 is 0 Å². The molecule has 0 aromatic carbocycles. The number of ether oxygens (including phenoxy) is 2. The molecule has 1 fully saturated rings. The van der Waals surface area contributed by atoms with Crippen molar-refractivity contribution in [3.05, 3.63) is 6.07 Å². The summed E-state index contributed by atoms with van der Waals surface area (Å²) in [6.45, 7) is 2.50. The van der Waals surface area contributed by atoms with Crippen molar-refractivity contribution in [1.29, 1.82) is 0 Å². The molecule has 88 valence electrons. The van der Waals surface area contributed by atoms with Crippen LogP contribution in [-0.4, -0.2) is 43.8 Å². The molecule has 2 N–H and O–H groups in total. The molecule has 1 aliphatic rings. The summed E-state index contributed by atoms with van der Waals surface area (Å²) in [5.74, 6) is 2.21. The van der Waals surface area contributed by atoms with Crippen LogP contribution in [0.15, 0.2) is 6.07 Å². The summed E-state index contributed by atoms with van der Waals surface area (Å²) >= 11 is 0. The maximum atomic E-state index is 5.57. The number of aromatic nitrogens is 2. The highest BCUT2D eigenvalue weighted by Gasteiger charge is 2.28. The van der Waals surface area contributed by atoms with Crippen LogP contribution >= 0.6 is 0 Å². The summed E-state index contributed by atoms with van der Waals surface area (Å²) in [5.41, 5.74) is 5.57. The first-order chi connectivity index (χ1) is 7.76. The van der Waals surface area contributed by atoms with Gasteiger partial charge in [0.05, 0.1) is 20.3 Å². The highest BCUT2D eigenvalue weighted by atomic mass is 16.5. The molecule has 0 radical (unpaired) electrons. The number of hydrogen-bond donors (Lipinski definition) is 1. The Hall–Kier alpha value is -1.56. The molecule has 0 aliphatic carbocycles. The topological polar surface area (TPSA) is 73.5 Å². The molecule has 0 saturated carbocycles. The van der Waals surface area contributed by atoms with Crippen LogP contribution in [-0.2, 0) is 0 Å². The van der Waals surface area contributed by atoms with E-state index in [2.05, 4.69) is 14.9 Å². The predicted octanol–water partition coefficient (Wildman–Crippen LogP) is -0.111. The van der Waals surface area contributed by atoms with Gasteiger partial charge in [-0.05, 0) is 6.54 Å². The lowest BCUT2D eigenvalue weighted by molar-refractivity contribution is 0.363. The van der Waals surface area contributed by atoms with Gasteiger partial charge >= 0.3 is 0 Å². The fourth-order valence-electron chi connectivity index (χ4n) is 1.63. The van der Waals surface area contributed by atoms with Gasteiger partial charge in [-0.2, -0.15) is 9.97 Å². The zero-order valence-corrected chi connectivity index (χ0v) is 9.51. The van der Waals surface area contributed by atoms with Crippen molar-refractivity contribution in [3.8, 4) is 11.8 Å². The van der Waals surface area contributed by atoms with E-state index in [-0.39, 0.29) is 0 Å². The molecule has 0 atom stereocenters. The predicted molar refractivity (Wildman–Crippen MR) is 59.9 cm³/mol. The van der Waals surface area contributed by atoms with Gasteiger partial charge in [-0.3, -0.25) is 0 Å². The molecule has 2 heterocycles. The van der Waals surface area contributed by atoms with Crippen LogP contribution in [0.1, 0.15) is 0 Å². The monoisotopic (exact) mass is 224 g/mol. The maximum absolute atomic E-state index is 5.57. The van der Waals surface area contributed by atoms with E-state index in [1.807, 2.05) is 0 Å². The quantitative estimate of drug-likeness (QED) is 0.769. The van der Waals surface area contributed by atoms with Gasteiger partial charge in [-0.25, -0.2) is 0 Å². The van der Waals surface area contributed by atoms with E-state index >= 15 is 0 Å². The molecular formula is C10H16N4O2. The summed E-state index contributed by atoms with van der Waals surface area (Å²) < 4.78 is 10.2.